The van der Waals surface area contributed by atoms with Crippen molar-refractivity contribution in [2.75, 3.05) is 18.8 Å². The van der Waals surface area contributed by atoms with Crippen molar-refractivity contribution in [1.82, 2.24) is 14.3 Å². The van der Waals surface area contributed by atoms with E-state index in [0.717, 1.165) is 17.3 Å². The van der Waals surface area contributed by atoms with E-state index in [-0.39, 0.29) is 35.6 Å². The molecule has 4 rings (SSSR count). The van der Waals surface area contributed by atoms with Gasteiger partial charge in [0, 0.05) is 30.8 Å². The number of halogens is 1. The van der Waals surface area contributed by atoms with E-state index < -0.39 is 15.4 Å². The zero-order chi connectivity index (χ0) is 20.2. The van der Waals surface area contributed by atoms with Crippen LogP contribution in [0, 0.1) is 16.7 Å². The van der Waals surface area contributed by atoms with Crippen LogP contribution in [0.4, 0.5) is 0 Å². The number of piperidine rings is 1. The molecule has 0 spiro atoms. The predicted molar refractivity (Wildman–Crippen MR) is 107 cm³/mol. The summed E-state index contributed by atoms with van der Waals surface area (Å²) in [6, 6.07) is 0.247. The van der Waals surface area contributed by atoms with Crippen molar-refractivity contribution in [1.29, 1.82) is 0 Å². The summed E-state index contributed by atoms with van der Waals surface area (Å²) in [4.78, 5) is 21.0. The zero-order valence-electron chi connectivity index (χ0n) is 16.2. The van der Waals surface area contributed by atoms with E-state index >= 15 is 0 Å². The fourth-order valence-corrected chi connectivity index (χ4v) is 7.76. The first-order chi connectivity index (χ1) is 13.1. The van der Waals surface area contributed by atoms with Gasteiger partial charge in [0.25, 0.3) is 0 Å². The van der Waals surface area contributed by atoms with Crippen LogP contribution >= 0.6 is 15.9 Å². The molecule has 0 aromatic carbocycles. The molecule has 7 nitrogen and oxygen atoms in total. The van der Waals surface area contributed by atoms with E-state index in [9.17, 15) is 13.2 Å². The lowest BCUT2D eigenvalue weighted by molar-refractivity contribution is -0.128. The SMILES string of the molecule is CC1(C)C2CCC1(CS(=O)(=O)N1CCCC(Oc3ncc(Br)cn3)C1)C(=O)C2. The predicted octanol–water partition coefficient (Wildman–Crippen LogP) is 2.81. The van der Waals surface area contributed by atoms with E-state index in [1.165, 1.54) is 4.31 Å². The summed E-state index contributed by atoms with van der Waals surface area (Å²) in [6.07, 6.45) is 6.54. The van der Waals surface area contributed by atoms with Gasteiger partial charge in [-0.3, -0.25) is 4.79 Å². The molecule has 1 aromatic rings. The number of nitrogens with zero attached hydrogens (tertiary/aromatic N) is 3. The maximum atomic E-state index is 13.3. The second kappa shape index (κ2) is 7.02. The van der Waals surface area contributed by atoms with Crippen molar-refractivity contribution in [2.24, 2.45) is 16.7 Å². The lowest BCUT2D eigenvalue weighted by Crippen LogP contribution is -2.50. The number of sulfonamides is 1. The number of carbonyl (C=O) groups is 1. The third-order valence-electron chi connectivity index (χ3n) is 7.17. The van der Waals surface area contributed by atoms with Crippen LogP contribution in [0.15, 0.2) is 16.9 Å². The number of ether oxygens (including phenoxy) is 1. The smallest absolute Gasteiger partial charge is 0.316 e. The molecule has 1 aliphatic heterocycles. The van der Waals surface area contributed by atoms with Gasteiger partial charge in [0.1, 0.15) is 11.9 Å². The van der Waals surface area contributed by atoms with E-state index in [2.05, 4.69) is 39.7 Å². The van der Waals surface area contributed by atoms with Crippen LogP contribution in [0.5, 0.6) is 6.01 Å². The molecule has 9 heteroatoms. The highest BCUT2D eigenvalue weighted by atomic mass is 79.9. The van der Waals surface area contributed by atoms with Gasteiger partial charge >= 0.3 is 6.01 Å². The number of aromatic nitrogens is 2. The van der Waals surface area contributed by atoms with Crippen molar-refractivity contribution in [3.8, 4) is 6.01 Å². The molecule has 1 aromatic heterocycles. The molecule has 3 atom stereocenters. The Bertz CT molecular complexity index is 874. The number of ketones is 1. The Morgan fingerprint density at radius 1 is 1.29 bits per heavy atom. The zero-order valence-corrected chi connectivity index (χ0v) is 18.6. The molecule has 2 heterocycles. The van der Waals surface area contributed by atoms with Gasteiger partial charge in [-0.25, -0.2) is 18.4 Å². The number of hydrogen-bond acceptors (Lipinski definition) is 6. The molecule has 2 saturated carbocycles. The van der Waals surface area contributed by atoms with Gasteiger partial charge in [0.2, 0.25) is 10.0 Å². The van der Waals surface area contributed by atoms with Crippen LogP contribution in [-0.2, 0) is 14.8 Å². The van der Waals surface area contributed by atoms with Gasteiger partial charge in [-0.05, 0) is 52.9 Å². The summed E-state index contributed by atoms with van der Waals surface area (Å²) in [6.45, 7) is 4.88. The van der Waals surface area contributed by atoms with E-state index in [0.29, 0.717) is 31.7 Å². The third-order valence-corrected chi connectivity index (χ3v) is 9.56. The van der Waals surface area contributed by atoms with Crippen LogP contribution in [0.3, 0.4) is 0 Å². The van der Waals surface area contributed by atoms with Gasteiger partial charge in [-0.2, -0.15) is 4.31 Å². The molecule has 154 valence electrons. The number of carbonyl (C=O) groups excluding carboxylic acids is 1. The number of rotatable bonds is 5. The Morgan fingerprint density at radius 3 is 2.61 bits per heavy atom. The average molecular weight is 472 g/mol. The fraction of sp³-hybridized carbons (Fsp3) is 0.737. The second-order valence-electron chi connectivity index (χ2n) is 8.85. The molecule has 2 aliphatic carbocycles. The van der Waals surface area contributed by atoms with Crippen molar-refractivity contribution in [2.45, 2.75) is 52.1 Å². The van der Waals surface area contributed by atoms with Gasteiger partial charge < -0.3 is 4.74 Å². The van der Waals surface area contributed by atoms with Gasteiger partial charge in [-0.15, -0.1) is 0 Å². The Balaban J connectivity index is 1.48. The van der Waals surface area contributed by atoms with Crippen LogP contribution in [0.1, 0.15) is 46.0 Å². The van der Waals surface area contributed by atoms with Crippen molar-refractivity contribution < 1.29 is 17.9 Å². The van der Waals surface area contributed by atoms with Crippen molar-refractivity contribution >= 4 is 31.7 Å². The molecule has 0 radical (unpaired) electrons. The number of hydrogen-bond donors (Lipinski definition) is 0. The maximum absolute atomic E-state index is 13.3. The quantitative estimate of drug-likeness (QED) is 0.655. The highest BCUT2D eigenvalue weighted by molar-refractivity contribution is 9.10. The van der Waals surface area contributed by atoms with Crippen LogP contribution < -0.4 is 4.74 Å². The Kier molecular flexibility index (Phi) is 5.07. The van der Waals surface area contributed by atoms with E-state index in [1.807, 2.05) is 0 Å². The molecule has 0 amide bonds. The molecule has 0 N–H and O–H groups in total. The summed E-state index contributed by atoms with van der Waals surface area (Å²) in [7, 11) is -3.56. The first-order valence-corrected chi connectivity index (χ1v) is 12.2. The van der Waals surface area contributed by atoms with Gasteiger partial charge in [0.15, 0.2) is 0 Å². The van der Waals surface area contributed by atoms with Crippen molar-refractivity contribution in [3.63, 3.8) is 0 Å². The second-order valence-corrected chi connectivity index (χ2v) is 11.7. The number of fused-ring (bicyclic) bond motifs is 2. The monoisotopic (exact) mass is 471 g/mol. The standard InChI is InChI=1S/C19H26BrN3O4S/c1-18(2)13-5-6-19(18,16(24)8-13)12-28(25,26)23-7-3-4-15(11-23)27-17-21-9-14(20)10-22-17/h9-10,13,15H,3-8,11-12H2,1-2H3. The van der Waals surface area contributed by atoms with Crippen LogP contribution in [-0.4, -0.2) is 53.4 Å². The van der Waals surface area contributed by atoms with E-state index in [1.54, 1.807) is 12.4 Å². The van der Waals surface area contributed by atoms with Crippen molar-refractivity contribution in [3.05, 3.63) is 16.9 Å². The van der Waals surface area contributed by atoms with Gasteiger partial charge in [0.05, 0.1) is 16.8 Å². The summed E-state index contributed by atoms with van der Waals surface area (Å²) in [5.74, 6) is 0.358. The first kappa shape index (κ1) is 20.2. The molecule has 2 bridgehead atoms. The molecule has 28 heavy (non-hydrogen) atoms. The average Bonchev–Trinajstić information content (AvgIpc) is 2.98. The summed E-state index contributed by atoms with van der Waals surface area (Å²) in [5, 5.41) is 0. The largest absolute Gasteiger partial charge is 0.459 e. The minimum absolute atomic E-state index is 0.0795. The Morgan fingerprint density at radius 2 is 2.00 bits per heavy atom. The molecular weight excluding hydrogens is 446 g/mol. The Labute approximate surface area is 174 Å². The van der Waals surface area contributed by atoms with Gasteiger partial charge in [-0.1, -0.05) is 13.8 Å². The molecule has 3 fully saturated rings. The first-order valence-electron chi connectivity index (χ1n) is 9.79. The molecule has 3 unspecified atom stereocenters. The molecular formula is C19H26BrN3O4S. The maximum Gasteiger partial charge on any atom is 0.316 e. The van der Waals surface area contributed by atoms with Crippen LogP contribution in [0.25, 0.3) is 0 Å². The minimum atomic E-state index is -3.56. The number of Topliss-reactive ketones (excluding diaryl/α,β-unsaturated/α-hetero) is 1. The minimum Gasteiger partial charge on any atom is -0.459 e. The molecule has 3 aliphatic rings. The summed E-state index contributed by atoms with van der Waals surface area (Å²) < 4.78 is 34.6. The van der Waals surface area contributed by atoms with Crippen LogP contribution in [0.2, 0.25) is 0 Å². The van der Waals surface area contributed by atoms with E-state index in [4.69, 9.17) is 4.74 Å². The highest BCUT2D eigenvalue weighted by Gasteiger charge is 2.65. The summed E-state index contributed by atoms with van der Waals surface area (Å²) in [5.41, 5.74) is -0.993. The summed E-state index contributed by atoms with van der Waals surface area (Å²) >= 11 is 3.28. The lowest BCUT2D eigenvalue weighted by Gasteiger charge is -2.39. The Hall–Kier alpha value is -1.06. The fourth-order valence-electron chi connectivity index (χ4n) is 5.28. The topological polar surface area (TPSA) is 89.5 Å². The highest BCUT2D eigenvalue weighted by Crippen LogP contribution is 2.64. The third kappa shape index (κ3) is 3.29. The normalized spacial score (nSPS) is 32.6. The molecule has 1 saturated heterocycles. The lowest BCUT2D eigenvalue weighted by atomic mass is 9.70.